The lowest BCUT2D eigenvalue weighted by Gasteiger charge is -2.25. The molecular formula is C23H26N2O2. The topological polar surface area (TPSA) is 54.3 Å². The molecule has 2 N–H and O–H groups in total. The normalized spacial score (nSPS) is 20.5. The maximum absolute atomic E-state index is 12.2. The van der Waals surface area contributed by atoms with Crippen molar-refractivity contribution in [3.05, 3.63) is 54.1 Å². The first-order valence-corrected chi connectivity index (χ1v) is 9.83. The highest BCUT2D eigenvalue weighted by Crippen LogP contribution is 2.30. The fourth-order valence-electron chi connectivity index (χ4n) is 4.16. The number of carbonyl (C=O) groups excluding carboxylic acids is 1. The van der Waals surface area contributed by atoms with Gasteiger partial charge in [-0.2, -0.15) is 0 Å². The van der Waals surface area contributed by atoms with Crippen LogP contribution in [0.3, 0.4) is 0 Å². The van der Waals surface area contributed by atoms with Gasteiger partial charge in [0.25, 0.3) is 0 Å². The van der Waals surface area contributed by atoms with E-state index in [0.717, 1.165) is 37.8 Å². The summed E-state index contributed by atoms with van der Waals surface area (Å²) < 4.78 is 2.32. The van der Waals surface area contributed by atoms with Crippen LogP contribution in [0.1, 0.15) is 38.2 Å². The van der Waals surface area contributed by atoms with Gasteiger partial charge >= 0.3 is 0 Å². The monoisotopic (exact) mass is 362 g/mol. The van der Waals surface area contributed by atoms with Gasteiger partial charge in [0.15, 0.2) is 0 Å². The van der Waals surface area contributed by atoms with Crippen LogP contribution in [-0.2, 0) is 11.3 Å². The molecule has 0 aliphatic heterocycles. The van der Waals surface area contributed by atoms with E-state index in [9.17, 15) is 9.90 Å². The smallest absolute Gasteiger partial charge is 0.244 e. The molecule has 2 aromatic carbocycles. The van der Waals surface area contributed by atoms with Crippen LogP contribution in [0.2, 0.25) is 0 Å². The molecule has 27 heavy (non-hydrogen) atoms. The summed E-state index contributed by atoms with van der Waals surface area (Å²) in [6, 6.07) is 15.0. The summed E-state index contributed by atoms with van der Waals surface area (Å²) in [7, 11) is 0. The lowest BCUT2D eigenvalue weighted by atomic mass is 9.93. The van der Waals surface area contributed by atoms with Crippen molar-refractivity contribution in [3.8, 4) is 0 Å². The molecule has 0 unspecified atom stereocenters. The van der Waals surface area contributed by atoms with E-state index in [1.807, 2.05) is 6.08 Å². The van der Waals surface area contributed by atoms with Crippen LogP contribution in [0.4, 0.5) is 0 Å². The Morgan fingerprint density at radius 1 is 1.11 bits per heavy atom. The summed E-state index contributed by atoms with van der Waals surface area (Å²) in [5, 5.41) is 15.1. The van der Waals surface area contributed by atoms with Gasteiger partial charge in [-0.05, 0) is 62.4 Å². The SMILES string of the molecule is CCn1c2ccccc2c2cc(/C=C/C(=O)NC3CCC(O)CC3)ccc21. The third kappa shape index (κ3) is 3.62. The van der Waals surface area contributed by atoms with E-state index in [4.69, 9.17) is 0 Å². The van der Waals surface area contributed by atoms with Crippen LogP contribution in [0.25, 0.3) is 27.9 Å². The number of aryl methyl sites for hydroxylation is 1. The number of nitrogens with zero attached hydrogens (tertiary/aromatic N) is 1. The molecule has 1 saturated carbocycles. The van der Waals surface area contributed by atoms with Gasteiger partial charge in [-0.1, -0.05) is 24.3 Å². The number of aromatic nitrogens is 1. The van der Waals surface area contributed by atoms with Gasteiger partial charge in [-0.15, -0.1) is 0 Å². The van der Waals surface area contributed by atoms with Gasteiger partial charge in [0.2, 0.25) is 5.91 Å². The van der Waals surface area contributed by atoms with Crippen LogP contribution in [-0.4, -0.2) is 27.7 Å². The number of carbonyl (C=O) groups is 1. The average Bonchev–Trinajstić information content (AvgIpc) is 3.01. The lowest BCUT2D eigenvalue weighted by Crippen LogP contribution is -2.37. The molecule has 3 aromatic rings. The highest BCUT2D eigenvalue weighted by molar-refractivity contribution is 6.08. The zero-order valence-electron chi connectivity index (χ0n) is 15.7. The minimum Gasteiger partial charge on any atom is -0.393 e. The number of aliphatic hydroxyl groups excluding tert-OH is 1. The van der Waals surface area contributed by atoms with Crippen molar-refractivity contribution in [2.45, 2.75) is 51.3 Å². The van der Waals surface area contributed by atoms with Crippen LogP contribution < -0.4 is 5.32 Å². The first kappa shape index (κ1) is 17.8. The Morgan fingerprint density at radius 2 is 1.85 bits per heavy atom. The second-order valence-corrected chi connectivity index (χ2v) is 7.39. The zero-order valence-corrected chi connectivity index (χ0v) is 15.7. The van der Waals surface area contributed by atoms with E-state index < -0.39 is 0 Å². The highest BCUT2D eigenvalue weighted by Gasteiger charge is 2.19. The molecule has 4 nitrogen and oxygen atoms in total. The Labute approximate surface area is 159 Å². The van der Waals surface area contributed by atoms with E-state index in [1.165, 1.54) is 21.8 Å². The molecule has 1 heterocycles. The van der Waals surface area contributed by atoms with Crippen molar-refractivity contribution in [1.82, 2.24) is 9.88 Å². The second-order valence-electron chi connectivity index (χ2n) is 7.39. The third-order valence-corrected chi connectivity index (χ3v) is 5.58. The summed E-state index contributed by atoms with van der Waals surface area (Å²) in [6.45, 7) is 3.09. The molecule has 0 bridgehead atoms. The molecule has 1 fully saturated rings. The molecular weight excluding hydrogens is 336 g/mol. The second kappa shape index (κ2) is 7.57. The van der Waals surface area contributed by atoms with Crippen LogP contribution in [0, 0.1) is 0 Å². The molecule has 1 amide bonds. The molecule has 4 heteroatoms. The van der Waals surface area contributed by atoms with E-state index >= 15 is 0 Å². The number of rotatable bonds is 4. The minimum atomic E-state index is -0.203. The van der Waals surface area contributed by atoms with Crippen molar-refractivity contribution in [3.63, 3.8) is 0 Å². The summed E-state index contributed by atoms with van der Waals surface area (Å²) in [4.78, 5) is 12.2. The zero-order chi connectivity index (χ0) is 18.8. The van der Waals surface area contributed by atoms with E-state index in [2.05, 4.69) is 59.3 Å². The summed E-state index contributed by atoms with van der Waals surface area (Å²) in [5.41, 5.74) is 3.49. The molecule has 0 saturated heterocycles. The van der Waals surface area contributed by atoms with Gasteiger partial charge in [0.1, 0.15) is 0 Å². The Hall–Kier alpha value is -2.59. The molecule has 1 aliphatic rings. The maximum Gasteiger partial charge on any atom is 0.244 e. The number of benzene rings is 2. The first-order chi connectivity index (χ1) is 13.2. The Balaban J connectivity index is 1.54. The minimum absolute atomic E-state index is 0.0625. The standard InChI is InChI=1S/C23H26N2O2/c1-2-25-21-6-4-3-5-19(21)20-15-16(7-13-22(20)25)8-14-23(27)24-17-9-11-18(26)12-10-17/h3-8,13-15,17-18,26H,2,9-12H2,1H3,(H,24,27)/b14-8+. The molecule has 140 valence electrons. The summed E-state index contributed by atoms with van der Waals surface area (Å²) in [5.74, 6) is -0.0625. The quantitative estimate of drug-likeness (QED) is 0.682. The van der Waals surface area contributed by atoms with Crippen molar-refractivity contribution in [2.75, 3.05) is 0 Å². The number of aliphatic hydroxyl groups is 1. The number of para-hydroxylation sites is 1. The van der Waals surface area contributed by atoms with Crippen molar-refractivity contribution in [2.24, 2.45) is 0 Å². The maximum atomic E-state index is 12.2. The Bertz CT molecular complexity index is 994. The predicted molar refractivity (Wildman–Crippen MR) is 111 cm³/mol. The van der Waals surface area contributed by atoms with Gasteiger partial charge < -0.3 is 15.0 Å². The number of hydrogen-bond donors (Lipinski definition) is 2. The number of amides is 1. The largest absolute Gasteiger partial charge is 0.393 e. The fraction of sp³-hybridized carbons (Fsp3) is 0.348. The Morgan fingerprint density at radius 3 is 2.63 bits per heavy atom. The average molecular weight is 362 g/mol. The number of fused-ring (bicyclic) bond motifs is 3. The van der Waals surface area contributed by atoms with Gasteiger partial charge in [0.05, 0.1) is 6.10 Å². The molecule has 1 aromatic heterocycles. The van der Waals surface area contributed by atoms with Crippen LogP contribution in [0.15, 0.2) is 48.5 Å². The van der Waals surface area contributed by atoms with Gasteiger partial charge in [0, 0.05) is 40.5 Å². The van der Waals surface area contributed by atoms with Crippen molar-refractivity contribution >= 4 is 33.8 Å². The molecule has 0 atom stereocenters. The third-order valence-electron chi connectivity index (χ3n) is 5.58. The van der Waals surface area contributed by atoms with E-state index in [0.29, 0.717) is 0 Å². The Kier molecular flexibility index (Phi) is 4.99. The van der Waals surface area contributed by atoms with Gasteiger partial charge in [-0.25, -0.2) is 0 Å². The fourth-order valence-corrected chi connectivity index (χ4v) is 4.16. The predicted octanol–water partition coefficient (Wildman–Crippen LogP) is 4.25. The van der Waals surface area contributed by atoms with Crippen molar-refractivity contribution < 1.29 is 9.90 Å². The van der Waals surface area contributed by atoms with Crippen LogP contribution >= 0.6 is 0 Å². The lowest BCUT2D eigenvalue weighted by molar-refractivity contribution is -0.117. The summed E-state index contributed by atoms with van der Waals surface area (Å²) >= 11 is 0. The van der Waals surface area contributed by atoms with E-state index in [1.54, 1.807) is 6.08 Å². The molecule has 0 spiro atoms. The molecule has 0 radical (unpaired) electrons. The summed E-state index contributed by atoms with van der Waals surface area (Å²) in [6.07, 6.45) is 6.53. The van der Waals surface area contributed by atoms with Gasteiger partial charge in [-0.3, -0.25) is 4.79 Å². The first-order valence-electron chi connectivity index (χ1n) is 9.83. The van der Waals surface area contributed by atoms with Crippen LogP contribution in [0.5, 0.6) is 0 Å². The molecule has 4 rings (SSSR count). The van der Waals surface area contributed by atoms with Crippen molar-refractivity contribution in [1.29, 1.82) is 0 Å². The number of hydrogen-bond acceptors (Lipinski definition) is 2. The number of nitrogens with one attached hydrogen (secondary N) is 1. The van der Waals surface area contributed by atoms with E-state index in [-0.39, 0.29) is 18.1 Å². The molecule has 1 aliphatic carbocycles. The highest BCUT2D eigenvalue weighted by atomic mass is 16.3.